The smallest absolute Gasteiger partial charge is 0.265 e. The summed E-state index contributed by atoms with van der Waals surface area (Å²) in [6.07, 6.45) is 0. The van der Waals surface area contributed by atoms with Crippen molar-refractivity contribution in [2.45, 2.75) is 6.61 Å². The summed E-state index contributed by atoms with van der Waals surface area (Å²) in [7, 11) is 0. The van der Waals surface area contributed by atoms with Crippen LogP contribution in [-0.4, -0.2) is 5.91 Å². The maximum Gasteiger partial charge on any atom is 0.265 e. The Balaban J connectivity index is 2.12. The minimum Gasteiger partial charge on any atom is -0.489 e. The summed E-state index contributed by atoms with van der Waals surface area (Å²) in [6, 6.07) is 9.18. The number of nitrogens with one attached hydrogen (secondary N) is 1. The topological polar surface area (TPSA) is 64.3 Å². The van der Waals surface area contributed by atoms with E-state index in [4.69, 9.17) is 10.6 Å². The van der Waals surface area contributed by atoms with Crippen LogP contribution in [0.15, 0.2) is 42.5 Å². The van der Waals surface area contributed by atoms with Crippen LogP contribution in [0.25, 0.3) is 0 Å². The van der Waals surface area contributed by atoms with Crippen molar-refractivity contribution in [1.82, 2.24) is 5.43 Å². The predicted molar refractivity (Wildman–Crippen MR) is 68.8 cm³/mol. The molecule has 6 heteroatoms. The van der Waals surface area contributed by atoms with Crippen molar-refractivity contribution >= 4 is 5.91 Å². The van der Waals surface area contributed by atoms with Crippen LogP contribution in [0, 0.1) is 11.6 Å². The van der Waals surface area contributed by atoms with Gasteiger partial charge in [0, 0.05) is 11.1 Å². The molecule has 2 aromatic carbocycles. The molecule has 0 aliphatic rings. The zero-order chi connectivity index (χ0) is 14.5. The second-order valence-electron chi connectivity index (χ2n) is 4.02. The fraction of sp³-hybridized carbons (Fsp3) is 0.0714. The first-order valence-corrected chi connectivity index (χ1v) is 5.78. The number of carbonyl (C=O) groups excluding carboxylic acids is 1. The lowest BCUT2D eigenvalue weighted by Gasteiger charge is -2.08. The number of halogens is 2. The van der Waals surface area contributed by atoms with Crippen molar-refractivity contribution in [3.05, 3.63) is 65.2 Å². The second-order valence-corrected chi connectivity index (χ2v) is 4.02. The molecule has 0 aliphatic heterocycles. The van der Waals surface area contributed by atoms with E-state index >= 15 is 0 Å². The summed E-state index contributed by atoms with van der Waals surface area (Å²) >= 11 is 0. The zero-order valence-corrected chi connectivity index (χ0v) is 10.4. The molecule has 0 heterocycles. The maximum absolute atomic E-state index is 13.6. The Labute approximate surface area is 114 Å². The molecule has 0 radical (unpaired) electrons. The van der Waals surface area contributed by atoms with E-state index in [9.17, 15) is 13.6 Å². The quantitative estimate of drug-likeness (QED) is 0.511. The van der Waals surface area contributed by atoms with E-state index in [1.54, 1.807) is 0 Å². The highest BCUT2D eigenvalue weighted by Crippen LogP contribution is 2.16. The fourth-order valence-electron chi connectivity index (χ4n) is 1.60. The molecule has 0 saturated carbocycles. The van der Waals surface area contributed by atoms with Crippen LogP contribution >= 0.6 is 0 Å². The Morgan fingerprint density at radius 1 is 1.15 bits per heavy atom. The summed E-state index contributed by atoms with van der Waals surface area (Å²) in [5.74, 6) is 4.01. The molecule has 104 valence electrons. The minimum absolute atomic E-state index is 0.0802. The molecule has 0 unspecified atom stereocenters. The van der Waals surface area contributed by atoms with Gasteiger partial charge in [0.1, 0.15) is 24.0 Å². The standard InChI is InChI=1S/C14H12F2N2O2/c15-11-2-4-12(5-3-11)20-8-10-7-9(14(19)18-17)1-6-13(10)16/h1-7H,8,17H2,(H,18,19). The lowest BCUT2D eigenvalue weighted by molar-refractivity contribution is 0.0953. The number of hydrazine groups is 1. The average molecular weight is 278 g/mol. The molecule has 2 aromatic rings. The summed E-state index contributed by atoms with van der Waals surface area (Å²) in [5.41, 5.74) is 2.40. The molecule has 0 spiro atoms. The molecular formula is C14H12F2N2O2. The van der Waals surface area contributed by atoms with Crippen LogP contribution < -0.4 is 16.0 Å². The third kappa shape index (κ3) is 3.30. The predicted octanol–water partition coefficient (Wildman–Crippen LogP) is 2.15. The molecule has 0 bridgehead atoms. The summed E-state index contributed by atoms with van der Waals surface area (Å²) in [5, 5.41) is 0. The van der Waals surface area contributed by atoms with Crippen molar-refractivity contribution in [3.63, 3.8) is 0 Å². The van der Waals surface area contributed by atoms with Crippen molar-refractivity contribution in [1.29, 1.82) is 0 Å². The Bertz CT molecular complexity index is 615. The third-order valence-electron chi connectivity index (χ3n) is 2.65. The third-order valence-corrected chi connectivity index (χ3v) is 2.65. The van der Waals surface area contributed by atoms with Gasteiger partial charge >= 0.3 is 0 Å². The molecule has 0 atom stereocenters. The number of rotatable bonds is 4. The maximum atomic E-state index is 13.6. The highest BCUT2D eigenvalue weighted by atomic mass is 19.1. The molecule has 20 heavy (non-hydrogen) atoms. The van der Waals surface area contributed by atoms with Crippen molar-refractivity contribution in [2.75, 3.05) is 0 Å². The molecule has 2 rings (SSSR count). The molecular weight excluding hydrogens is 266 g/mol. The Hall–Kier alpha value is -2.47. The van der Waals surface area contributed by atoms with Gasteiger partial charge < -0.3 is 4.74 Å². The zero-order valence-electron chi connectivity index (χ0n) is 10.4. The van der Waals surface area contributed by atoms with Gasteiger partial charge in [0.05, 0.1) is 0 Å². The number of nitrogen functional groups attached to an aromatic ring is 1. The summed E-state index contributed by atoms with van der Waals surface area (Å²) in [6.45, 7) is -0.0802. The van der Waals surface area contributed by atoms with Crippen LogP contribution in [0.4, 0.5) is 8.78 Å². The van der Waals surface area contributed by atoms with E-state index in [1.807, 2.05) is 5.43 Å². The van der Waals surface area contributed by atoms with E-state index in [2.05, 4.69) is 0 Å². The SMILES string of the molecule is NNC(=O)c1ccc(F)c(COc2ccc(F)cc2)c1. The number of amides is 1. The number of hydrogen-bond donors (Lipinski definition) is 2. The van der Waals surface area contributed by atoms with E-state index < -0.39 is 11.7 Å². The van der Waals surface area contributed by atoms with Gasteiger partial charge in [0.15, 0.2) is 0 Å². The summed E-state index contributed by atoms with van der Waals surface area (Å²) < 4.78 is 31.7. The van der Waals surface area contributed by atoms with Gasteiger partial charge in [-0.3, -0.25) is 10.2 Å². The Morgan fingerprint density at radius 2 is 1.85 bits per heavy atom. The van der Waals surface area contributed by atoms with Gasteiger partial charge in [0.2, 0.25) is 0 Å². The van der Waals surface area contributed by atoms with Crippen molar-refractivity contribution in [3.8, 4) is 5.75 Å². The monoisotopic (exact) mass is 278 g/mol. The average Bonchev–Trinajstić information content (AvgIpc) is 2.47. The van der Waals surface area contributed by atoms with Gasteiger partial charge in [-0.05, 0) is 42.5 Å². The van der Waals surface area contributed by atoms with Crippen LogP contribution in [0.5, 0.6) is 5.75 Å². The Morgan fingerprint density at radius 3 is 2.50 bits per heavy atom. The molecule has 0 fully saturated rings. The van der Waals surface area contributed by atoms with Crippen molar-refractivity contribution in [2.24, 2.45) is 5.84 Å². The van der Waals surface area contributed by atoms with Gasteiger partial charge in [-0.15, -0.1) is 0 Å². The van der Waals surface area contributed by atoms with Crippen LogP contribution in [-0.2, 0) is 6.61 Å². The van der Waals surface area contributed by atoms with Gasteiger partial charge in [-0.25, -0.2) is 14.6 Å². The van der Waals surface area contributed by atoms with E-state index in [0.29, 0.717) is 5.75 Å². The normalized spacial score (nSPS) is 10.2. The van der Waals surface area contributed by atoms with Gasteiger partial charge in [0.25, 0.3) is 5.91 Å². The highest BCUT2D eigenvalue weighted by molar-refractivity contribution is 5.93. The highest BCUT2D eigenvalue weighted by Gasteiger charge is 2.09. The van der Waals surface area contributed by atoms with Gasteiger partial charge in [-0.1, -0.05) is 0 Å². The minimum atomic E-state index is -0.520. The molecule has 3 N–H and O–H groups in total. The first kappa shape index (κ1) is 14.0. The van der Waals surface area contributed by atoms with Crippen LogP contribution in [0.2, 0.25) is 0 Å². The lowest BCUT2D eigenvalue weighted by Crippen LogP contribution is -2.30. The van der Waals surface area contributed by atoms with Crippen LogP contribution in [0.3, 0.4) is 0 Å². The number of carbonyl (C=O) groups is 1. The molecule has 0 aromatic heterocycles. The van der Waals surface area contributed by atoms with E-state index in [1.165, 1.54) is 36.4 Å². The number of nitrogens with two attached hydrogens (primary N) is 1. The lowest BCUT2D eigenvalue weighted by atomic mass is 10.1. The van der Waals surface area contributed by atoms with Crippen molar-refractivity contribution < 1.29 is 18.3 Å². The first-order valence-electron chi connectivity index (χ1n) is 5.78. The fourth-order valence-corrected chi connectivity index (χ4v) is 1.60. The number of ether oxygens (including phenoxy) is 1. The largest absolute Gasteiger partial charge is 0.489 e. The van der Waals surface area contributed by atoms with Crippen LogP contribution in [0.1, 0.15) is 15.9 Å². The second kappa shape index (κ2) is 6.12. The number of benzene rings is 2. The molecule has 0 aliphatic carbocycles. The van der Waals surface area contributed by atoms with E-state index in [-0.39, 0.29) is 23.6 Å². The Kier molecular flexibility index (Phi) is 4.27. The van der Waals surface area contributed by atoms with E-state index in [0.717, 1.165) is 6.07 Å². The molecule has 0 saturated heterocycles. The summed E-state index contributed by atoms with van der Waals surface area (Å²) in [4.78, 5) is 11.3. The van der Waals surface area contributed by atoms with Gasteiger partial charge in [-0.2, -0.15) is 0 Å². The number of hydrogen-bond acceptors (Lipinski definition) is 3. The first-order chi connectivity index (χ1) is 9.60. The molecule has 4 nitrogen and oxygen atoms in total. The molecule has 1 amide bonds.